The lowest BCUT2D eigenvalue weighted by Crippen LogP contribution is -2.16. The third-order valence-electron chi connectivity index (χ3n) is 4.32. The Morgan fingerprint density at radius 2 is 2.00 bits per heavy atom. The summed E-state index contributed by atoms with van der Waals surface area (Å²) >= 11 is 6.21. The molecule has 0 radical (unpaired) electrons. The van der Waals surface area contributed by atoms with Crippen LogP contribution in [-0.2, 0) is 9.73 Å². The number of nitrogens with one attached hydrogen (secondary N) is 3. The minimum atomic E-state index is -3.03. The second-order valence-electron chi connectivity index (χ2n) is 6.62. The summed E-state index contributed by atoms with van der Waals surface area (Å²) in [4.78, 5) is 11.7. The molecule has 154 valence electrons. The first-order valence-electron chi connectivity index (χ1n) is 8.63. The first kappa shape index (κ1) is 21.1. The highest BCUT2D eigenvalue weighted by Crippen LogP contribution is 2.34. The summed E-state index contributed by atoms with van der Waals surface area (Å²) in [5, 5.41) is 3.86. The maximum absolute atomic E-state index is 13.6. The number of ether oxygens (including phenoxy) is 1. The van der Waals surface area contributed by atoms with E-state index in [-0.39, 0.29) is 10.7 Å². The van der Waals surface area contributed by atoms with Gasteiger partial charge in [-0.2, -0.15) is 0 Å². The predicted octanol–water partition coefficient (Wildman–Crippen LogP) is 4.46. The van der Waals surface area contributed by atoms with Crippen LogP contribution in [0.5, 0.6) is 5.75 Å². The zero-order chi connectivity index (χ0) is 21.3. The third kappa shape index (κ3) is 4.51. The first-order chi connectivity index (χ1) is 13.6. The summed E-state index contributed by atoms with van der Waals surface area (Å²) in [5.41, 5.74) is 1.42. The van der Waals surface area contributed by atoms with Crippen molar-refractivity contribution in [3.8, 4) is 5.75 Å². The molecule has 3 rings (SSSR count). The van der Waals surface area contributed by atoms with E-state index in [2.05, 4.69) is 20.3 Å². The van der Waals surface area contributed by atoms with Gasteiger partial charge in [-0.3, -0.25) is 0 Å². The van der Waals surface area contributed by atoms with Crippen molar-refractivity contribution in [3.05, 3.63) is 63.9 Å². The highest BCUT2D eigenvalue weighted by molar-refractivity contribution is 7.91. The number of aromatic nitrogens is 3. The third-order valence-corrected chi connectivity index (χ3v) is 5.69. The lowest BCUT2D eigenvalue weighted by Gasteiger charge is -2.21. The van der Waals surface area contributed by atoms with E-state index >= 15 is 0 Å². The van der Waals surface area contributed by atoms with Crippen molar-refractivity contribution >= 4 is 27.1 Å². The van der Waals surface area contributed by atoms with Crippen LogP contribution in [0.2, 0.25) is 5.02 Å². The minimum absolute atomic E-state index is 0.170. The van der Waals surface area contributed by atoms with Crippen LogP contribution < -0.4 is 10.1 Å². The number of halogens is 2. The van der Waals surface area contributed by atoms with E-state index in [1.54, 1.807) is 32.0 Å². The lowest BCUT2D eigenvalue weighted by molar-refractivity contribution is 0.408. The van der Waals surface area contributed by atoms with E-state index in [0.717, 1.165) is 0 Å². The molecule has 2 atom stereocenters. The van der Waals surface area contributed by atoms with Crippen LogP contribution in [0.15, 0.2) is 35.4 Å². The monoisotopic (exact) mass is 437 g/mol. The molecule has 2 unspecified atom stereocenters. The standard InChI is InChI=1S/C19H21ClFN5O2S/c1-10-14(21)6-8-16(23-10)25-17(13-9-12(20)5-7-15(13)28-3)18-24-11(2)19(26-18)29(4,22)27/h5-9,17,22H,1-4H3,(H,23,25)(H,24,26). The van der Waals surface area contributed by atoms with E-state index in [4.69, 9.17) is 21.1 Å². The maximum Gasteiger partial charge on any atom is 0.156 e. The van der Waals surface area contributed by atoms with Crippen molar-refractivity contribution < 1.29 is 13.3 Å². The van der Waals surface area contributed by atoms with Crippen LogP contribution >= 0.6 is 11.6 Å². The van der Waals surface area contributed by atoms with Gasteiger partial charge in [0.1, 0.15) is 29.3 Å². The molecular formula is C19H21ClFN5O2S. The van der Waals surface area contributed by atoms with E-state index in [1.807, 2.05) is 0 Å². The zero-order valence-electron chi connectivity index (χ0n) is 16.3. The molecule has 0 aliphatic rings. The molecule has 0 amide bonds. The molecule has 29 heavy (non-hydrogen) atoms. The Morgan fingerprint density at radius 3 is 2.59 bits per heavy atom. The van der Waals surface area contributed by atoms with Crippen LogP contribution in [0.3, 0.4) is 0 Å². The SMILES string of the molecule is COc1ccc(Cl)cc1C(Nc1ccc(F)c(C)n1)c1nc(S(C)(=N)=O)c(C)[nH]1. The Morgan fingerprint density at radius 1 is 1.28 bits per heavy atom. The van der Waals surface area contributed by atoms with E-state index in [0.29, 0.717) is 33.7 Å². The Balaban J connectivity index is 2.17. The maximum atomic E-state index is 13.6. The molecule has 1 aromatic carbocycles. The number of anilines is 1. The Labute approximate surface area is 173 Å². The summed E-state index contributed by atoms with van der Waals surface area (Å²) in [6.07, 6.45) is 1.31. The predicted molar refractivity (Wildman–Crippen MR) is 111 cm³/mol. The van der Waals surface area contributed by atoms with Gasteiger partial charge < -0.3 is 15.0 Å². The Hall–Kier alpha value is -2.65. The highest BCUT2D eigenvalue weighted by Gasteiger charge is 2.25. The Bertz CT molecular complexity index is 1160. The number of aromatic amines is 1. The van der Waals surface area contributed by atoms with E-state index < -0.39 is 21.6 Å². The molecule has 0 bridgehead atoms. The second-order valence-corrected chi connectivity index (χ2v) is 9.13. The zero-order valence-corrected chi connectivity index (χ0v) is 17.9. The molecule has 2 aromatic heterocycles. The van der Waals surface area contributed by atoms with Gasteiger partial charge in [0.2, 0.25) is 0 Å². The number of aryl methyl sites for hydroxylation is 2. The largest absolute Gasteiger partial charge is 0.496 e. The molecular weight excluding hydrogens is 417 g/mol. The molecule has 0 saturated carbocycles. The van der Waals surface area contributed by atoms with Gasteiger partial charge in [-0.1, -0.05) is 11.6 Å². The quantitative estimate of drug-likeness (QED) is 0.528. The summed E-state index contributed by atoms with van der Waals surface area (Å²) in [7, 11) is -1.50. The lowest BCUT2D eigenvalue weighted by atomic mass is 10.0. The fourth-order valence-electron chi connectivity index (χ4n) is 2.98. The van der Waals surface area contributed by atoms with Crippen LogP contribution in [0.25, 0.3) is 0 Å². The smallest absolute Gasteiger partial charge is 0.156 e. The van der Waals surface area contributed by atoms with Crippen molar-refractivity contribution in [2.75, 3.05) is 18.7 Å². The normalized spacial score (nSPS) is 14.3. The molecule has 2 heterocycles. The average Bonchev–Trinajstić information content (AvgIpc) is 3.04. The van der Waals surface area contributed by atoms with Gasteiger partial charge in [-0.25, -0.2) is 23.3 Å². The molecule has 0 saturated heterocycles. The molecule has 0 aliphatic heterocycles. The number of nitrogens with zero attached hydrogens (tertiary/aromatic N) is 2. The molecule has 10 heteroatoms. The number of methoxy groups -OCH3 is 1. The van der Waals surface area contributed by atoms with Crippen LogP contribution in [0.4, 0.5) is 10.2 Å². The van der Waals surface area contributed by atoms with E-state index in [1.165, 1.54) is 25.5 Å². The Kier molecular flexibility index (Phi) is 5.81. The van der Waals surface area contributed by atoms with Gasteiger partial charge >= 0.3 is 0 Å². The number of imidazole rings is 1. The average molecular weight is 438 g/mol. The van der Waals surface area contributed by atoms with Gasteiger partial charge in [0.05, 0.1) is 22.5 Å². The molecule has 3 aromatic rings. The number of hydrogen-bond donors (Lipinski definition) is 3. The van der Waals surface area contributed by atoms with Crippen molar-refractivity contribution in [1.82, 2.24) is 15.0 Å². The van der Waals surface area contributed by atoms with Gasteiger partial charge in [-0.05, 0) is 44.2 Å². The first-order valence-corrected chi connectivity index (χ1v) is 11.0. The summed E-state index contributed by atoms with van der Waals surface area (Å²) in [6, 6.07) is 7.34. The van der Waals surface area contributed by atoms with Crippen LogP contribution in [-0.4, -0.2) is 32.5 Å². The topological polar surface area (TPSA) is 104 Å². The van der Waals surface area contributed by atoms with Crippen LogP contribution in [0, 0.1) is 24.4 Å². The fraction of sp³-hybridized carbons (Fsp3) is 0.263. The number of rotatable bonds is 6. The number of H-pyrrole nitrogens is 1. The van der Waals surface area contributed by atoms with Gasteiger partial charge in [0, 0.05) is 22.5 Å². The molecule has 3 N–H and O–H groups in total. The molecule has 0 spiro atoms. The molecule has 0 fully saturated rings. The molecule has 0 aliphatic carbocycles. The van der Waals surface area contributed by atoms with Crippen molar-refractivity contribution in [2.24, 2.45) is 0 Å². The van der Waals surface area contributed by atoms with Crippen molar-refractivity contribution in [3.63, 3.8) is 0 Å². The fourth-order valence-corrected chi connectivity index (χ4v) is 4.07. The summed E-state index contributed by atoms with van der Waals surface area (Å²) in [5.74, 6) is 0.950. The van der Waals surface area contributed by atoms with Gasteiger partial charge in [0.25, 0.3) is 0 Å². The summed E-state index contributed by atoms with van der Waals surface area (Å²) in [6.45, 7) is 3.27. The van der Waals surface area contributed by atoms with Gasteiger partial charge in [-0.15, -0.1) is 0 Å². The van der Waals surface area contributed by atoms with Crippen LogP contribution in [0.1, 0.15) is 28.8 Å². The minimum Gasteiger partial charge on any atom is -0.496 e. The second kappa shape index (κ2) is 8.00. The molecule has 7 nitrogen and oxygen atoms in total. The highest BCUT2D eigenvalue weighted by atomic mass is 35.5. The van der Waals surface area contributed by atoms with Crippen molar-refractivity contribution in [1.29, 1.82) is 4.78 Å². The van der Waals surface area contributed by atoms with Gasteiger partial charge in [0.15, 0.2) is 5.03 Å². The summed E-state index contributed by atoms with van der Waals surface area (Å²) < 4.78 is 39.3. The van der Waals surface area contributed by atoms with Crippen molar-refractivity contribution in [2.45, 2.75) is 24.9 Å². The number of benzene rings is 1. The number of pyridine rings is 1. The number of hydrogen-bond acceptors (Lipinski definition) is 6. The van der Waals surface area contributed by atoms with E-state index in [9.17, 15) is 8.60 Å².